The second-order valence-corrected chi connectivity index (χ2v) is 9.10. The molecule has 1 N–H and O–H groups in total. The van der Waals surface area contributed by atoms with Crippen molar-refractivity contribution in [1.82, 2.24) is 4.31 Å². The Bertz CT molecular complexity index is 1010. The quantitative estimate of drug-likeness (QED) is 0.776. The normalized spacial score (nSPS) is 15.5. The van der Waals surface area contributed by atoms with E-state index in [4.69, 9.17) is 11.6 Å². The van der Waals surface area contributed by atoms with Crippen molar-refractivity contribution in [2.24, 2.45) is 0 Å². The second-order valence-electron chi connectivity index (χ2n) is 6.78. The van der Waals surface area contributed by atoms with Crippen LogP contribution in [-0.2, 0) is 10.0 Å². The van der Waals surface area contributed by atoms with Crippen LogP contribution in [0.15, 0.2) is 47.4 Å². The highest BCUT2D eigenvalue weighted by Crippen LogP contribution is 2.28. The average molecular weight is 436 g/mol. The molecule has 0 unspecified atom stereocenters. The molecule has 0 atom stereocenters. The van der Waals surface area contributed by atoms with E-state index in [-0.39, 0.29) is 21.0 Å². The molecule has 0 spiro atoms. The van der Waals surface area contributed by atoms with Crippen molar-refractivity contribution in [3.05, 3.63) is 58.6 Å². The van der Waals surface area contributed by atoms with Crippen LogP contribution in [0, 0.1) is 0 Å². The van der Waals surface area contributed by atoms with Gasteiger partial charge < -0.3 is 15.2 Å². The summed E-state index contributed by atoms with van der Waals surface area (Å²) in [5, 5.41) is 13.5. The Morgan fingerprint density at radius 3 is 2.10 bits per heavy atom. The van der Waals surface area contributed by atoms with E-state index < -0.39 is 21.9 Å². The third kappa shape index (κ3) is 4.95. The molecule has 0 bridgehead atoms. The fourth-order valence-electron chi connectivity index (χ4n) is 3.16. The van der Waals surface area contributed by atoms with Crippen LogP contribution in [0.2, 0.25) is 5.02 Å². The second kappa shape index (κ2) is 8.94. The molecule has 2 aromatic carbocycles. The summed E-state index contributed by atoms with van der Waals surface area (Å²) in [6.07, 6.45) is 3.55. The number of anilines is 1. The SMILES string of the molecule is O=C([O-])c1ccc(NC(=O)c2ccc(Cl)c(S(=O)(=O)N3CCCCCC3)c2)cc1. The molecule has 2 aromatic rings. The van der Waals surface area contributed by atoms with Gasteiger partial charge in [0.25, 0.3) is 5.91 Å². The van der Waals surface area contributed by atoms with Gasteiger partial charge in [-0.25, -0.2) is 8.42 Å². The Labute approximate surface area is 174 Å². The van der Waals surface area contributed by atoms with Crippen molar-refractivity contribution in [2.45, 2.75) is 30.6 Å². The van der Waals surface area contributed by atoms with Gasteiger partial charge in [0, 0.05) is 24.3 Å². The Kier molecular flexibility index (Phi) is 6.56. The predicted octanol–water partition coefficient (Wildman–Crippen LogP) is 2.52. The first-order valence-electron chi connectivity index (χ1n) is 9.21. The number of benzene rings is 2. The molecule has 3 rings (SSSR count). The minimum absolute atomic E-state index is 0.0136. The van der Waals surface area contributed by atoms with E-state index in [1.54, 1.807) is 0 Å². The molecule has 1 aliphatic heterocycles. The lowest BCUT2D eigenvalue weighted by molar-refractivity contribution is -0.255. The van der Waals surface area contributed by atoms with Gasteiger partial charge in [-0.2, -0.15) is 4.31 Å². The number of rotatable bonds is 5. The molecule has 7 nitrogen and oxygen atoms in total. The molecule has 1 heterocycles. The van der Waals surface area contributed by atoms with Gasteiger partial charge in [-0.1, -0.05) is 36.6 Å². The van der Waals surface area contributed by atoms with Gasteiger partial charge in [0.2, 0.25) is 10.0 Å². The molecular formula is C20H20ClN2O5S-. The summed E-state index contributed by atoms with van der Waals surface area (Å²) in [6.45, 7) is 0.861. The maximum absolute atomic E-state index is 13.0. The van der Waals surface area contributed by atoms with Crippen molar-refractivity contribution in [3.8, 4) is 0 Å². The summed E-state index contributed by atoms with van der Waals surface area (Å²) in [5.74, 6) is -1.85. The van der Waals surface area contributed by atoms with E-state index >= 15 is 0 Å². The first kappa shape index (κ1) is 21.3. The predicted molar refractivity (Wildman–Crippen MR) is 107 cm³/mol. The monoisotopic (exact) mass is 435 g/mol. The zero-order valence-corrected chi connectivity index (χ0v) is 17.1. The molecule has 1 aliphatic rings. The number of nitrogens with one attached hydrogen (secondary N) is 1. The van der Waals surface area contributed by atoms with Crippen LogP contribution < -0.4 is 10.4 Å². The van der Waals surface area contributed by atoms with Crippen LogP contribution in [0.4, 0.5) is 5.69 Å². The molecule has 0 aromatic heterocycles. The zero-order chi connectivity index (χ0) is 21.0. The number of carbonyl (C=O) groups excluding carboxylic acids is 2. The minimum Gasteiger partial charge on any atom is -0.545 e. The van der Waals surface area contributed by atoms with Crippen molar-refractivity contribution < 1.29 is 23.1 Å². The first-order chi connectivity index (χ1) is 13.8. The van der Waals surface area contributed by atoms with Crippen molar-refractivity contribution >= 4 is 39.2 Å². The zero-order valence-electron chi connectivity index (χ0n) is 15.6. The molecular weight excluding hydrogens is 416 g/mol. The third-order valence-electron chi connectivity index (χ3n) is 4.75. The van der Waals surface area contributed by atoms with Crippen molar-refractivity contribution in [3.63, 3.8) is 0 Å². The van der Waals surface area contributed by atoms with Crippen LogP contribution in [0.25, 0.3) is 0 Å². The van der Waals surface area contributed by atoms with Crippen LogP contribution in [0.5, 0.6) is 0 Å². The van der Waals surface area contributed by atoms with E-state index in [1.807, 2.05) is 0 Å². The number of halogens is 1. The first-order valence-corrected chi connectivity index (χ1v) is 11.0. The van der Waals surface area contributed by atoms with E-state index in [0.29, 0.717) is 18.8 Å². The van der Waals surface area contributed by atoms with Gasteiger partial charge >= 0.3 is 0 Å². The molecule has 0 saturated carbocycles. The lowest BCUT2D eigenvalue weighted by atomic mass is 10.2. The van der Waals surface area contributed by atoms with E-state index in [9.17, 15) is 23.1 Å². The van der Waals surface area contributed by atoms with Crippen LogP contribution in [0.1, 0.15) is 46.4 Å². The number of hydrogen-bond acceptors (Lipinski definition) is 5. The summed E-state index contributed by atoms with van der Waals surface area (Å²) in [6, 6.07) is 9.56. The largest absolute Gasteiger partial charge is 0.545 e. The van der Waals surface area contributed by atoms with Crippen LogP contribution >= 0.6 is 11.6 Å². The summed E-state index contributed by atoms with van der Waals surface area (Å²) in [4.78, 5) is 23.3. The van der Waals surface area contributed by atoms with Gasteiger partial charge in [-0.05, 0) is 48.7 Å². The third-order valence-corrected chi connectivity index (χ3v) is 7.13. The van der Waals surface area contributed by atoms with E-state index in [2.05, 4.69) is 5.32 Å². The maximum atomic E-state index is 13.0. The molecule has 1 saturated heterocycles. The smallest absolute Gasteiger partial charge is 0.255 e. The van der Waals surface area contributed by atoms with Gasteiger partial charge in [0.15, 0.2) is 0 Å². The Balaban J connectivity index is 1.84. The summed E-state index contributed by atoms with van der Waals surface area (Å²) >= 11 is 6.15. The molecule has 1 fully saturated rings. The molecule has 9 heteroatoms. The van der Waals surface area contributed by atoms with Gasteiger partial charge in [-0.3, -0.25) is 4.79 Å². The average Bonchev–Trinajstić information content (AvgIpc) is 2.98. The highest BCUT2D eigenvalue weighted by molar-refractivity contribution is 7.89. The van der Waals surface area contributed by atoms with E-state index in [0.717, 1.165) is 25.7 Å². The number of carbonyl (C=O) groups is 2. The van der Waals surface area contributed by atoms with Crippen molar-refractivity contribution in [2.75, 3.05) is 18.4 Å². The number of carboxylic acids is 1. The highest BCUT2D eigenvalue weighted by atomic mass is 35.5. The standard InChI is InChI=1S/C20H21ClN2O5S/c21-17-10-7-15(19(24)22-16-8-5-14(6-9-16)20(25)26)13-18(17)29(27,28)23-11-3-1-2-4-12-23/h5-10,13H,1-4,11-12H2,(H,22,24)(H,25,26)/p-1. The Morgan fingerprint density at radius 2 is 1.52 bits per heavy atom. The number of aromatic carboxylic acids is 1. The fraction of sp³-hybridized carbons (Fsp3) is 0.300. The van der Waals surface area contributed by atoms with Crippen LogP contribution in [0.3, 0.4) is 0 Å². The molecule has 0 aliphatic carbocycles. The number of carboxylic acid groups (broad SMARTS) is 1. The lowest BCUT2D eigenvalue weighted by Gasteiger charge is -2.21. The summed E-state index contributed by atoms with van der Waals surface area (Å²) in [7, 11) is -3.81. The summed E-state index contributed by atoms with van der Waals surface area (Å²) < 4.78 is 27.5. The Hall–Kier alpha value is -2.42. The molecule has 0 radical (unpaired) electrons. The van der Waals surface area contributed by atoms with Gasteiger partial charge in [0.05, 0.1) is 11.0 Å². The topological polar surface area (TPSA) is 107 Å². The van der Waals surface area contributed by atoms with Crippen molar-refractivity contribution in [1.29, 1.82) is 0 Å². The molecule has 29 heavy (non-hydrogen) atoms. The minimum atomic E-state index is -3.81. The molecule has 1 amide bonds. The lowest BCUT2D eigenvalue weighted by Crippen LogP contribution is -2.32. The number of nitrogens with zero attached hydrogens (tertiary/aromatic N) is 1. The van der Waals surface area contributed by atoms with Gasteiger partial charge in [-0.15, -0.1) is 0 Å². The maximum Gasteiger partial charge on any atom is 0.255 e. The Morgan fingerprint density at radius 1 is 0.931 bits per heavy atom. The van der Waals surface area contributed by atoms with Gasteiger partial charge in [0.1, 0.15) is 4.90 Å². The van der Waals surface area contributed by atoms with E-state index in [1.165, 1.54) is 46.8 Å². The number of sulfonamides is 1. The number of amides is 1. The highest BCUT2D eigenvalue weighted by Gasteiger charge is 2.28. The number of hydrogen-bond donors (Lipinski definition) is 1. The molecule has 154 valence electrons. The summed E-state index contributed by atoms with van der Waals surface area (Å²) in [5.41, 5.74) is 0.485. The van der Waals surface area contributed by atoms with Crippen LogP contribution in [-0.4, -0.2) is 37.7 Å². The fourth-order valence-corrected chi connectivity index (χ4v) is 5.17.